The summed E-state index contributed by atoms with van der Waals surface area (Å²) in [6, 6.07) is 38.2. The van der Waals surface area contributed by atoms with Crippen LogP contribution in [0.25, 0.3) is 5.57 Å². The summed E-state index contributed by atoms with van der Waals surface area (Å²) in [4.78, 5) is 49.3. The van der Waals surface area contributed by atoms with Crippen molar-refractivity contribution in [2.75, 3.05) is 0 Å². The van der Waals surface area contributed by atoms with Gasteiger partial charge in [0.15, 0.2) is 0 Å². The zero-order valence-electron chi connectivity index (χ0n) is 45.3. The molecule has 15 heteroatoms. The Morgan fingerprint density at radius 3 is 1.13 bits per heavy atom. The number of nitro benzene ring substituents is 2. The van der Waals surface area contributed by atoms with Crippen molar-refractivity contribution in [2.45, 2.75) is 88.0 Å². The number of hydrogen-bond acceptors (Lipinski definition) is 10. The second-order valence-electron chi connectivity index (χ2n) is 18.2. The van der Waals surface area contributed by atoms with Crippen LogP contribution in [0.15, 0.2) is 209 Å². The molecule has 0 fully saturated rings. The Morgan fingerprint density at radius 1 is 0.372 bits per heavy atom. The van der Waals surface area contributed by atoms with Crippen LogP contribution in [0.1, 0.15) is 91.0 Å². The van der Waals surface area contributed by atoms with E-state index in [1.165, 1.54) is 69.3 Å². The van der Waals surface area contributed by atoms with Gasteiger partial charge in [-0.2, -0.15) is 0 Å². The van der Waals surface area contributed by atoms with Gasteiger partial charge in [0.25, 0.3) is 22.8 Å². The van der Waals surface area contributed by atoms with Gasteiger partial charge in [0.2, 0.25) is 5.70 Å². The van der Waals surface area contributed by atoms with E-state index in [9.17, 15) is 50.6 Å². The van der Waals surface area contributed by atoms with Gasteiger partial charge in [0.1, 0.15) is 0 Å². The van der Waals surface area contributed by atoms with Gasteiger partial charge < -0.3 is 0 Å². The van der Waals surface area contributed by atoms with Crippen molar-refractivity contribution in [1.82, 2.24) is 0 Å². The molecular weight excluding hydrogens is 987 g/mol. The first kappa shape index (κ1) is 62.4. The molecule has 0 saturated carbocycles. The number of para-hydroxylation sites is 1. The SMILES string of the molecule is CC#CC1=CC=C([N+](=O)[O-])C1.CC1=CC=C([N+](=O)[O-])C1.CC1=CC=C(c2ccc(C)cc2)C1.Cc1ccc(C#CC2=CC=C([N+](=O)[O-])C2)cc1.Cc1ccc(C)cc1.Cc1ccc([N+](=O)[O-])cc1.Cc1ccccc1[N+](=O)[O-]. The van der Waals surface area contributed by atoms with Crippen LogP contribution in [0, 0.1) is 116 Å². The van der Waals surface area contributed by atoms with Crippen molar-refractivity contribution in [3.05, 3.63) is 304 Å². The summed E-state index contributed by atoms with van der Waals surface area (Å²) in [5.74, 6) is 11.4. The topological polar surface area (TPSA) is 216 Å². The average molecular weight is 1050 g/mol. The lowest BCUT2D eigenvalue weighted by Gasteiger charge is -2.03. The fraction of sp³-hybridized carbons (Fsp3) is 0.206. The number of allylic oxidation sites excluding steroid dienone is 13. The molecule has 5 aromatic rings. The second kappa shape index (κ2) is 32.4. The van der Waals surface area contributed by atoms with Crippen molar-refractivity contribution in [2.24, 2.45) is 0 Å². The number of benzene rings is 5. The molecule has 15 nitrogen and oxygen atoms in total. The van der Waals surface area contributed by atoms with Crippen molar-refractivity contribution in [1.29, 1.82) is 0 Å². The largest absolute Gasteiger partial charge is 0.272 e. The summed E-state index contributed by atoms with van der Waals surface area (Å²) in [7, 11) is 0. The van der Waals surface area contributed by atoms with Crippen molar-refractivity contribution >= 4 is 16.9 Å². The lowest BCUT2D eigenvalue weighted by Crippen LogP contribution is -1.95. The maximum atomic E-state index is 10.5. The minimum atomic E-state index is -0.403. The molecule has 0 atom stereocenters. The first-order valence-electron chi connectivity index (χ1n) is 24.5. The summed E-state index contributed by atoms with van der Waals surface area (Å²) in [5.41, 5.74) is 15.8. The van der Waals surface area contributed by atoms with Crippen molar-refractivity contribution in [3.8, 4) is 23.7 Å². The molecule has 0 unspecified atom stereocenters. The van der Waals surface area contributed by atoms with Crippen LogP contribution in [0.3, 0.4) is 0 Å². The van der Waals surface area contributed by atoms with Gasteiger partial charge in [-0.15, -0.1) is 5.92 Å². The molecule has 0 amide bonds. The molecule has 0 aliphatic heterocycles. The highest BCUT2D eigenvalue weighted by molar-refractivity contribution is 5.72. The summed E-state index contributed by atoms with van der Waals surface area (Å²) < 4.78 is 0. The van der Waals surface area contributed by atoms with Crippen molar-refractivity contribution in [3.63, 3.8) is 0 Å². The van der Waals surface area contributed by atoms with E-state index in [1.807, 2.05) is 45.0 Å². The Kier molecular flexibility index (Phi) is 26.0. The lowest BCUT2D eigenvalue weighted by atomic mass is 10.0. The van der Waals surface area contributed by atoms with E-state index in [-0.39, 0.29) is 42.5 Å². The highest BCUT2D eigenvalue weighted by Crippen LogP contribution is 2.28. The molecule has 0 radical (unpaired) electrons. The quantitative estimate of drug-likeness (QED) is 0.0890. The third-order valence-corrected chi connectivity index (χ3v) is 11.4. The summed E-state index contributed by atoms with van der Waals surface area (Å²) >= 11 is 0. The van der Waals surface area contributed by atoms with Crippen LogP contribution >= 0.6 is 0 Å². The van der Waals surface area contributed by atoms with Gasteiger partial charge in [0.05, 0.1) is 43.9 Å². The van der Waals surface area contributed by atoms with E-state index in [1.54, 1.807) is 68.5 Å². The monoisotopic (exact) mass is 1050 g/mol. The highest BCUT2D eigenvalue weighted by Gasteiger charge is 2.17. The minimum absolute atomic E-state index is 0.144. The second-order valence-corrected chi connectivity index (χ2v) is 18.2. The van der Waals surface area contributed by atoms with Crippen molar-refractivity contribution < 1.29 is 24.6 Å². The first-order chi connectivity index (χ1) is 37.0. The Morgan fingerprint density at radius 2 is 0.769 bits per heavy atom. The van der Waals surface area contributed by atoms with Gasteiger partial charge in [0, 0.05) is 58.7 Å². The molecule has 9 rings (SSSR count). The van der Waals surface area contributed by atoms with Gasteiger partial charge in [-0.05, 0) is 104 Å². The predicted molar refractivity (Wildman–Crippen MR) is 310 cm³/mol. The number of rotatable bonds is 6. The molecule has 0 saturated heterocycles. The van der Waals surface area contributed by atoms with Crippen LogP contribution < -0.4 is 0 Å². The lowest BCUT2D eigenvalue weighted by molar-refractivity contribution is -0.426. The smallest absolute Gasteiger partial charge is 0.259 e. The maximum Gasteiger partial charge on any atom is 0.272 e. The molecule has 0 spiro atoms. The zero-order valence-corrected chi connectivity index (χ0v) is 45.3. The zero-order chi connectivity index (χ0) is 57.7. The summed E-state index contributed by atoms with van der Waals surface area (Å²) in [5, 5.41) is 51.1. The van der Waals surface area contributed by atoms with Gasteiger partial charge in [-0.1, -0.05) is 166 Å². The van der Waals surface area contributed by atoms with E-state index in [0.29, 0.717) is 30.5 Å². The molecule has 400 valence electrons. The van der Waals surface area contributed by atoms with E-state index in [2.05, 4.69) is 112 Å². The number of nitro groups is 5. The van der Waals surface area contributed by atoms with Gasteiger partial charge >= 0.3 is 0 Å². The number of nitrogens with zero attached hydrogens (tertiary/aromatic N) is 5. The van der Waals surface area contributed by atoms with Crippen LogP contribution in [-0.2, 0) is 0 Å². The van der Waals surface area contributed by atoms with Crippen LogP contribution in [0.5, 0.6) is 0 Å². The normalized spacial score (nSPS) is 12.9. The van der Waals surface area contributed by atoms with E-state index in [0.717, 1.165) is 34.3 Å². The highest BCUT2D eigenvalue weighted by atomic mass is 16.6. The third-order valence-electron chi connectivity index (χ3n) is 11.4. The Hall–Kier alpha value is -9.86. The number of aryl methyl sites for hydroxylation is 6. The predicted octanol–water partition coefficient (Wildman–Crippen LogP) is 15.7. The van der Waals surface area contributed by atoms with Gasteiger partial charge in [-0.3, -0.25) is 50.6 Å². The van der Waals surface area contributed by atoms with Gasteiger partial charge in [-0.25, -0.2) is 0 Å². The molecule has 78 heavy (non-hydrogen) atoms. The Labute approximate surface area is 455 Å². The summed E-state index contributed by atoms with van der Waals surface area (Å²) in [6.07, 6.45) is 16.5. The standard InChI is InChI=1S/C14H11NO2.C13H14.C8H7NO2.C8H10.2C7H7NO2.C6H7NO2/c1-11-2-4-12(5-3-11)6-7-13-8-9-14(10-13)15(16)17;1-10-3-6-12(7-4-10)13-8-5-11(2)9-13;1-2-3-7-4-5-8(6-7)9(10)11;1-7-3-5-8(2)6-4-7;1-6-2-4-7(5-3-6)8(9)10;1-6-4-2-3-5-7(6)8(9)10;1-5-2-3-6(4-5)7(8)9/h2-5,8-9H,10H2,1H3;3-8H,9H2,1-2H3;4-5H,6H2,1H3;3-6H,1-2H3;2*2-5H,1H3;2-3H,4H2,1H3. The average Bonchev–Trinajstić information content (AvgIpc) is 4.26. The molecule has 5 aromatic carbocycles. The molecule has 0 bridgehead atoms. The molecule has 0 heterocycles. The minimum Gasteiger partial charge on any atom is -0.259 e. The fourth-order valence-electron chi connectivity index (χ4n) is 6.86. The van der Waals surface area contributed by atoms with E-state index >= 15 is 0 Å². The van der Waals surface area contributed by atoms with E-state index in [4.69, 9.17) is 0 Å². The third kappa shape index (κ3) is 23.6. The molecular formula is C63H63N5O10. The van der Waals surface area contributed by atoms with E-state index < -0.39 is 4.92 Å². The number of non-ortho nitro benzene ring substituents is 1. The maximum absolute atomic E-state index is 10.5. The fourth-order valence-corrected chi connectivity index (χ4v) is 6.86. The number of hydrogen-bond donors (Lipinski definition) is 0. The van der Waals surface area contributed by atoms with Crippen LogP contribution in [0.4, 0.5) is 11.4 Å². The van der Waals surface area contributed by atoms with Crippen LogP contribution in [0.2, 0.25) is 0 Å². The molecule has 0 aromatic heterocycles. The Bertz CT molecular complexity index is 3310. The van der Waals surface area contributed by atoms with Crippen LogP contribution in [-0.4, -0.2) is 24.6 Å². The molecule has 4 aliphatic rings. The molecule has 4 aliphatic carbocycles. The Balaban J connectivity index is 0.000000243. The molecule has 0 N–H and O–H groups in total. The summed E-state index contributed by atoms with van der Waals surface area (Å²) in [6.45, 7) is 17.7. The first-order valence-corrected chi connectivity index (χ1v) is 24.5.